The van der Waals surface area contributed by atoms with Gasteiger partial charge in [0.25, 0.3) is 0 Å². The summed E-state index contributed by atoms with van der Waals surface area (Å²) < 4.78 is 46.1. The zero-order valence-corrected chi connectivity index (χ0v) is 7.97. The Morgan fingerprint density at radius 2 is 1.71 bits per heavy atom. The summed E-state index contributed by atoms with van der Waals surface area (Å²) in [5, 5.41) is 0. The Labute approximate surface area is 80.8 Å². The van der Waals surface area contributed by atoms with Gasteiger partial charge in [-0.3, -0.25) is 0 Å². The molecular weight excluding hydrogens is 210 g/mol. The third kappa shape index (κ3) is 1.98. The third-order valence-corrected chi connectivity index (χ3v) is 3.08. The number of sulfone groups is 1. The van der Waals surface area contributed by atoms with E-state index in [4.69, 9.17) is 0 Å². The standard InChI is InChI=1S/C9H8F2O2S/c1-2-7-3-5-8(6-4-7)14(12,13)9(10)11/h2-6,9H,1H2. The van der Waals surface area contributed by atoms with E-state index in [1.165, 1.54) is 18.2 Å². The van der Waals surface area contributed by atoms with Gasteiger partial charge in [0, 0.05) is 0 Å². The highest BCUT2D eigenvalue weighted by molar-refractivity contribution is 7.91. The molecule has 14 heavy (non-hydrogen) atoms. The predicted molar refractivity (Wildman–Crippen MR) is 49.7 cm³/mol. The molecule has 0 fully saturated rings. The van der Waals surface area contributed by atoms with Gasteiger partial charge in [-0.05, 0) is 17.7 Å². The average molecular weight is 218 g/mol. The molecule has 0 heterocycles. The van der Waals surface area contributed by atoms with Crippen molar-refractivity contribution >= 4 is 15.9 Å². The van der Waals surface area contributed by atoms with Gasteiger partial charge in [0.1, 0.15) is 0 Å². The lowest BCUT2D eigenvalue weighted by molar-refractivity contribution is 0.234. The fourth-order valence-electron chi connectivity index (χ4n) is 0.896. The van der Waals surface area contributed by atoms with Crippen LogP contribution in [0.3, 0.4) is 0 Å². The highest BCUT2D eigenvalue weighted by Gasteiger charge is 2.25. The van der Waals surface area contributed by atoms with E-state index in [1.54, 1.807) is 0 Å². The topological polar surface area (TPSA) is 34.1 Å². The summed E-state index contributed by atoms with van der Waals surface area (Å²) in [6.07, 6.45) is 1.50. The summed E-state index contributed by atoms with van der Waals surface area (Å²) >= 11 is 0. The molecule has 0 saturated heterocycles. The van der Waals surface area contributed by atoms with Gasteiger partial charge in [0.2, 0.25) is 9.84 Å². The van der Waals surface area contributed by atoms with E-state index in [0.717, 1.165) is 12.1 Å². The zero-order chi connectivity index (χ0) is 10.8. The number of alkyl halides is 2. The molecule has 0 N–H and O–H groups in total. The Morgan fingerprint density at radius 3 is 2.07 bits per heavy atom. The fraction of sp³-hybridized carbons (Fsp3) is 0.111. The largest absolute Gasteiger partial charge is 0.341 e. The van der Waals surface area contributed by atoms with Gasteiger partial charge in [-0.1, -0.05) is 24.8 Å². The van der Waals surface area contributed by atoms with Gasteiger partial charge in [0.15, 0.2) is 0 Å². The zero-order valence-electron chi connectivity index (χ0n) is 7.15. The smallest absolute Gasteiger partial charge is 0.218 e. The van der Waals surface area contributed by atoms with E-state index in [2.05, 4.69) is 6.58 Å². The van der Waals surface area contributed by atoms with Crippen molar-refractivity contribution in [1.82, 2.24) is 0 Å². The second-order valence-electron chi connectivity index (χ2n) is 2.58. The first kappa shape index (κ1) is 10.8. The molecule has 5 heteroatoms. The van der Waals surface area contributed by atoms with Crippen LogP contribution in [-0.4, -0.2) is 14.2 Å². The summed E-state index contributed by atoms with van der Waals surface area (Å²) in [6, 6.07) is 5.11. The minimum atomic E-state index is -4.47. The second kappa shape index (κ2) is 3.88. The molecule has 1 rings (SSSR count). The molecule has 0 aromatic heterocycles. The lowest BCUT2D eigenvalue weighted by Gasteiger charge is -2.02. The van der Waals surface area contributed by atoms with Crippen molar-refractivity contribution in [2.45, 2.75) is 10.7 Å². The maximum absolute atomic E-state index is 12.1. The van der Waals surface area contributed by atoms with Crippen molar-refractivity contribution < 1.29 is 17.2 Å². The van der Waals surface area contributed by atoms with Crippen LogP contribution < -0.4 is 0 Å². The van der Waals surface area contributed by atoms with Crippen molar-refractivity contribution in [2.75, 3.05) is 0 Å². The molecule has 0 aliphatic rings. The normalized spacial score (nSPS) is 11.6. The van der Waals surface area contributed by atoms with Crippen LogP contribution in [0.2, 0.25) is 0 Å². The van der Waals surface area contributed by atoms with Crippen LogP contribution in [0, 0.1) is 0 Å². The number of hydrogen-bond donors (Lipinski definition) is 0. The lowest BCUT2D eigenvalue weighted by atomic mass is 10.2. The predicted octanol–water partition coefficient (Wildman–Crippen LogP) is 2.33. The lowest BCUT2D eigenvalue weighted by Crippen LogP contribution is -2.11. The third-order valence-electron chi connectivity index (χ3n) is 1.68. The van der Waals surface area contributed by atoms with Crippen molar-refractivity contribution in [3.63, 3.8) is 0 Å². The van der Waals surface area contributed by atoms with Crippen molar-refractivity contribution in [3.05, 3.63) is 36.4 Å². The van der Waals surface area contributed by atoms with Gasteiger partial charge < -0.3 is 0 Å². The van der Waals surface area contributed by atoms with E-state index in [9.17, 15) is 17.2 Å². The van der Waals surface area contributed by atoms with Gasteiger partial charge in [0.05, 0.1) is 4.90 Å². The maximum Gasteiger partial charge on any atom is 0.341 e. The molecule has 0 bridgehead atoms. The summed E-state index contributed by atoms with van der Waals surface area (Å²) in [5.74, 6) is -3.38. The molecule has 0 amide bonds. The van der Waals surface area contributed by atoms with Gasteiger partial charge in [-0.2, -0.15) is 8.78 Å². The van der Waals surface area contributed by atoms with Crippen LogP contribution in [0.5, 0.6) is 0 Å². The second-order valence-corrected chi connectivity index (χ2v) is 4.50. The first-order valence-electron chi connectivity index (χ1n) is 3.73. The van der Waals surface area contributed by atoms with E-state index >= 15 is 0 Å². The van der Waals surface area contributed by atoms with Crippen LogP contribution >= 0.6 is 0 Å². The Morgan fingerprint density at radius 1 is 1.21 bits per heavy atom. The number of hydrogen-bond acceptors (Lipinski definition) is 2. The minimum absolute atomic E-state index is 0.377. The van der Waals surface area contributed by atoms with E-state index < -0.39 is 15.6 Å². The van der Waals surface area contributed by atoms with Crippen molar-refractivity contribution in [3.8, 4) is 0 Å². The molecule has 76 valence electrons. The summed E-state index contributed by atoms with van der Waals surface area (Å²) in [4.78, 5) is -0.377. The van der Waals surface area contributed by atoms with E-state index in [-0.39, 0.29) is 4.90 Å². The molecule has 0 aliphatic heterocycles. The Balaban J connectivity index is 3.16. The molecule has 0 aliphatic carbocycles. The number of rotatable bonds is 3. The highest BCUT2D eigenvalue weighted by atomic mass is 32.2. The average Bonchev–Trinajstić information content (AvgIpc) is 2.17. The SMILES string of the molecule is C=Cc1ccc(S(=O)(=O)C(F)F)cc1. The summed E-state index contributed by atoms with van der Waals surface area (Å²) in [6.45, 7) is 3.46. The van der Waals surface area contributed by atoms with Crippen LogP contribution in [0.15, 0.2) is 35.7 Å². The summed E-state index contributed by atoms with van der Waals surface area (Å²) in [7, 11) is -4.47. The first-order valence-corrected chi connectivity index (χ1v) is 5.27. The van der Waals surface area contributed by atoms with Crippen LogP contribution in [-0.2, 0) is 9.84 Å². The van der Waals surface area contributed by atoms with Gasteiger partial charge in [-0.15, -0.1) is 0 Å². The van der Waals surface area contributed by atoms with Crippen LogP contribution in [0.1, 0.15) is 5.56 Å². The van der Waals surface area contributed by atoms with Crippen LogP contribution in [0.25, 0.3) is 6.08 Å². The molecular formula is C9H8F2O2S. The molecule has 2 nitrogen and oxygen atoms in total. The van der Waals surface area contributed by atoms with Crippen LogP contribution in [0.4, 0.5) is 8.78 Å². The first-order chi connectivity index (χ1) is 6.48. The molecule has 0 saturated carbocycles. The summed E-state index contributed by atoms with van der Waals surface area (Å²) in [5.41, 5.74) is 0.679. The molecule has 0 spiro atoms. The molecule has 1 aromatic carbocycles. The van der Waals surface area contributed by atoms with Gasteiger partial charge in [-0.25, -0.2) is 8.42 Å². The highest BCUT2D eigenvalue weighted by Crippen LogP contribution is 2.18. The Bertz CT molecular complexity index is 421. The minimum Gasteiger partial charge on any atom is -0.218 e. The fourth-order valence-corrected chi connectivity index (χ4v) is 1.62. The molecule has 0 radical (unpaired) electrons. The van der Waals surface area contributed by atoms with Crippen molar-refractivity contribution in [2.24, 2.45) is 0 Å². The van der Waals surface area contributed by atoms with E-state index in [1.807, 2.05) is 0 Å². The van der Waals surface area contributed by atoms with E-state index in [0.29, 0.717) is 5.56 Å². The Kier molecular flexibility index (Phi) is 3.00. The number of halogens is 2. The molecule has 0 unspecified atom stereocenters. The van der Waals surface area contributed by atoms with Gasteiger partial charge >= 0.3 is 5.76 Å². The maximum atomic E-state index is 12.1. The molecule has 1 aromatic rings. The quantitative estimate of drug-likeness (QED) is 0.780. The molecule has 0 atom stereocenters. The monoisotopic (exact) mass is 218 g/mol. The Hall–Kier alpha value is -1.23. The van der Waals surface area contributed by atoms with Crippen molar-refractivity contribution in [1.29, 1.82) is 0 Å². The number of benzene rings is 1.